The first-order chi connectivity index (χ1) is 4.36. The van der Waals surface area contributed by atoms with Crippen molar-refractivity contribution in [2.45, 2.75) is 13.3 Å². The highest BCUT2D eigenvalue weighted by Crippen LogP contribution is 1.95. The van der Waals surface area contributed by atoms with Gasteiger partial charge in [0, 0.05) is 6.42 Å². The number of hydrogen-bond donors (Lipinski definition) is 1. The molecule has 1 aromatic heterocycles. The normalized spacial score (nSPS) is 9.44. The molecule has 0 aliphatic heterocycles. The maximum absolute atomic E-state index is 6.71. The topological polar surface area (TPSA) is 62.8 Å². The Morgan fingerprint density at radius 3 is 2.78 bits per heavy atom. The molecular formula is C5H7N3O. The van der Waals surface area contributed by atoms with Gasteiger partial charge in [-0.3, -0.25) is 0 Å². The second kappa shape index (κ2) is 2.39. The minimum atomic E-state index is 0.270. The molecule has 4 nitrogen and oxygen atoms in total. The van der Waals surface area contributed by atoms with Crippen LogP contribution in [0.4, 0.5) is 0 Å². The van der Waals surface area contributed by atoms with Crippen LogP contribution < -0.4 is 0 Å². The zero-order valence-corrected chi connectivity index (χ0v) is 5.09. The average molecular weight is 125 g/mol. The third kappa shape index (κ3) is 1.13. The van der Waals surface area contributed by atoms with Crippen molar-refractivity contribution in [3.8, 4) is 0 Å². The lowest BCUT2D eigenvalue weighted by Crippen LogP contribution is -1.76. The molecule has 0 aliphatic carbocycles. The van der Waals surface area contributed by atoms with E-state index in [-0.39, 0.29) is 5.89 Å². The Bertz CT molecular complexity index is 206. The van der Waals surface area contributed by atoms with E-state index in [0.717, 1.165) is 12.6 Å². The summed E-state index contributed by atoms with van der Waals surface area (Å²) in [5.74, 6) is 0.848. The lowest BCUT2D eigenvalue weighted by atomic mass is 10.5. The van der Waals surface area contributed by atoms with Crippen LogP contribution in [0.2, 0.25) is 0 Å². The van der Waals surface area contributed by atoms with Gasteiger partial charge in [-0.1, -0.05) is 6.92 Å². The summed E-state index contributed by atoms with van der Waals surface area (Å²) < 4.78 is 4.92. The molecule has 9 heavy (non-hydrogen) atoms. The zero-order valence-electron chi connectivity index (χ0n) is 5.09. The van der Waals surface area contributed by atoms with Gasteiger partial charge in [0.2, 0.25) is 5.89 Å². The molecule has 0 aliphatic rings. The number of hydrogen-bond acceptors (Lipinski definition) is 4. The van der Waals surface area contributed by atoms with Crippen molar-refractivity contribution in [2.75, 3.05) is 0 Å². The van der Waals surface area contributed by atoms with Crippen molar-refractivity contribution in [1.82, 2.24) is 10.2 Å². The summed E-state index contributed by atoms with van der Waals surface area (Å²) in [5, 5.41) is 13.9. The van der Waals surface area contributed by atoms with E-state index in [2.05, 4.69) is 10.2 Å². The van der Waals surface area contributed by atoms with Gasteiger partial charge in [-0.05, 0) is 0 Å². The molecule has 0 bridgehead atoms. The van der Waals surface area contributed by atoms with Crippen LogP contribution in [0.1, 0.15) is 18.7 Å². The summed E-state index contributed by atoms with van der Waals surface area (Å²) in [7, 11) is 0. The molecule has 1 N–H and O–H groups in total. The number of aromatic nitrogens is 2. The summed E-state index contributed by atoms with van der Waals surface area (Å²) in [6, 6.07) is 0. The van der Waals surface area contributed by atoms with Crippen LogP contribution in [-0.2, 0) is 6.42 Å². The third-order valence-corrected chi connectivity index (χ3v) is 0.908. The summed E-state index contributed by atoms with van der Waals surface area (Å²) >= 11 is 0. The largest absolute Gasteiger partial charge is 0.420 e. The van der Waals surface area contributed by atoms with Crippen LogP contribution in [0, 0.1) is 5.41 Å². The van der Waals surface area contributed by atoms with E-state index in [0.29, 0.717) is 5.89 Å². The molecule has 0 spiro atoms. The predicted octanol–water partition coefficient (Wildman–Crippen LogP) is 0.630. The van der Waals surface area contributed by atoms with Gasteiger partial charge < -0.3 is 9.83 Å². The smallest absolute Gasteiger partial charge is 0.258 e. The van der Waals surface area contributed by atoms with Gasteiger partial charge in [-0.2, -0.15) is 0 Å². The van der Waals surface area contributed by atoms with Crippen LogP contribution >= 0.6 is 0 Å². The highest BCUT2D eigenvalue weighted by atomic mass is 16.4. The molecule has 0 aromatic carbocycles. The van der Waals surface area contributed by atoms with E-state index >= 15 is 0 Å². The molecule has 0 saturated carbocycles. The zero-order chi connectivity index (χ0) is 6.69. The fourth-order valence-electron chi connectivity index (χ4n) is 0.468. The van der Waals surface area contributed by atoms with E-state index in [4.69, 9.17) is 9.83 Å². The lowest BCUT2D eigenvalue weighted by Gasteiger charge is -1.78. The van der Waals surface area contributed by atoms with Crippen LogP contribution in [0.25, 0.3) is 0 Å². The molecule has 0 fully saturated rings. The molecule has 0 atom stereocenters. The maximum Gasteiger partial charge on any atom is 0.258 e. The van der Waals surface area contributed by atoms with Crippen molar-refractivity contribution >= 4 is 6.21 Å². The summed E-state index contributed by atoms with van der Waals surface area (Å²) in [5.41, 5.74) is 0. The van der Waals surface area contributed by atoms with Gasteiger partial charge in [0.05, 0.1) is 6.21 Å². The highest BCUT2D eigenvalue weighted by Gasteiger charge is 1.97. The average Bonchev–Trinajstić information content (AvgIpc) is 2.34. The first kappa shape index (κ1) is 5.94. The summed E-state index contributed by atoms with van der Waals surface area (Å²) in [4.78, 5) is 0. The standard InChI is InChI=1S/C5H7N3O/c1-2-4-7-8-5(3-6)9-4/h3,6H,2H2,1H3. The Morgan fingerprint density at radius 2 is 2.44 bits per heavy atom. The second-order valence-electron chi connectivity index (χ2n) is 1.53. The van der Waals surface area contributed by atoms with E-state index in [1.54, 1.807) is 0 Å². The SMILES string of the molecule is CCc1nnc(C=N)o1. The number of nitrogens with zero attached hydrogens (tertiary/aromatic N) is 2. The van der Waals surface area contributed by atoms with Gasteiger partial charge in [-0.15, -0.1) is 10.2 Å². The quantitative estimate of drug-likeness (QED) is 0.589. The van der Waals surface area contributed by atoms with E-state index in [1.165, 1.54) is 0 Å². The molecule has 0 amide bonds. The van der Waals surface area contributed by atoms with Crippen LogP contribution in [0.15, 0.2) is 4.42 Å². The van der Waals surface area contributed by atoms with Gasteiger partial charge in [0.25, 0.3) is 5.89 Å². The fourth-order valence-corrected chi connectivity index (χ4v) is 0.468. The van der Waals surface area contributed by atoms with Crippen molar-refractivity contribution in [1.29, 1.82) is 5.41 Å². The van der Waals surface area contributed by atoms with E-state index in [1.807, 2.05) is 6.92 Å². The van der Waals surface area contributed by atoms with Crippen molar-refractivity contribution < 1.29 is 4.42 Å². The predicted molar refractivity (Wildman–Crippen MR) is 31.6 cm³/mol. The minimum Gasteiger partial charge on any atom is -0.420 e. The summed E-state index contributed by atoms with van der Waals surface area (Å²) in [6.07, 6.45) is 1.76. The monoisotopic (exact) mass is 125 g/mol. The molecule has 0 radical (unpaired) electrons. The van der Waals surface area contributed by atoms with E-state index < -0.39 is 0 Å². The Morgan fingerprint density at radius 1 is 1.67 bits per heavy atom. The van der Waals surface area contributed by atoms with Crippen molar-refractivity contribution in [3.05, 3.63) is 11.8 Å². The molecule has 1 aromatic rings. The van der Waals surface area contributed by atoms with E-state index in [9.17, 15) is 0 Å². The highest BCUT2D eigenvalue weighted by molar-refractivity contribution is 5.69. The Balaban J connectivity index is 2.86. The molecule has 1 rings (SSSR count). The number of rotatable bonds is 2. The van der Waals surface area contributed by atoms with Gasteiger partial charge in [0.15, 0.2) is 0 Å². The first-order valence-corrected chi connectivity index (χ1v) is 2.69. The second-order valence-corrected chi connectivity index (χ2v) is 1.53. The molecule has 48 valence electrons. The van der Waals surface area contributed by atoms with Crippen LogP contribution in [0.3, 0.4) is 0 Å². The molecule has 1 heterocycles. The number of aryl methyl sites for hydroxylation is 1. The lowest BCUT2D eigenvalue weighted by molar-refractivity contribution is 0.494. The minimum absolute atomic E-state index is 0.270. The summed E-state index contributed by atoms with van der Waals surface area (Å²) in [6.45, 7) is 1.92. The molecule has 0 unspecified atom stereocenters. The van der Waals surface area contributed by atoms with Crippen LogP contribution in [-0.4, -0.2) is 16.4 Å². The fraction of sp³-hybridized carbons (Fsp3) is 0.400. The van der Waals surface area contributed by atoms with Gasteiger partial charge >= 0.3 is 0 Å². The Labute approximate surface area is 52.4 Å². The van der Waals surface area contributed by atoms with Gasteiger partial charge in [-0.25, -0.2) is 0 Å². The maximum atomic E-state index is 6.71. The van der Waals surface area contributed by atoms with Crippen molar-refractivity contribution in [2.24, 2.45) is 0 Å². The molecular weight excluding hydrogens is 118 g/mol. The Kier molecular flexibility index (Phi) is 1.58. The number of nitrogens with one attached hydrogen (secondary N) is 1. The first-order valence-electron chi connectivity index (χ1n) is 2.69. The van der Waals surface area contributed by atoms with Crippen molar-refractivity contribution in [3.63, 3.8) is 0 Å². The molecule has 4 heteroatoms. The van der Waals surface area contributed by atoms with Crippen LogP contribution in [0.5, 0.6) is 0 Å². The Hall–Kier alpha value is -1.19. The molecule has 0 saturated heterocycles. The third-order valence-electron chi connectivity index (χ3n) is 0.908. The van der Waals surface area contributed by atoms with Gasteiger partial charge in [0.1, 0.15) is 0 Å².